The van der Waals surface area contributed by atoms with E-state index >= 15 is 0 Å². The lowest BCUT2D eigenvalue weighted by Crippen LogP contribution is -2.54. The van der Waals surface area contributed by atoms with Crippen molar-refractivity contribution in [3.63, 3.8) is 0 Å². The number of nitrogens with zero attached hydrogens (tertiary/aromatic N) is 1. The summed E-state index contributed by atoms with van der Waals surface area (Å²) in [5, 5.41) is 14.2. The van der Waals surface area contributed by atoms with Crippen LogP contribution in [0.25, 0.3) is 6.08 Å². The topological polar surface area (TPSA) is 134 Å². The molecule has 1 saturated heterocycles. The average Bonchev–Trinajstić information content (AvgIpc) is 2.92. The van der Waals surface area contributed by atoms with Gasteiger partial charge in [0.2, 0.25) is 0 Å². The van der Waals surface area contributed by atoms with E-state index in [1.807, 2.05) is 0 Å². The molecule has 3 N–H and O–H groups in total. The first-order chi connectivity index (χ1) is 19.6. The maximum absolute atomic E-state index is 13.4. The molecule has 10 nitrogen and oxygen atoms in total. The molecule has 0 aliphatic carbocycles. The van der Waals surface area contributed by atoms with Crippen LogP contribution in [0.3, 0.4) is 0 Å². The van der Waals surface area contributed by atoms with Crippen LogP contribution in [0.1, 0.15) is 22.8 Å². The number of ether oxygens (including phenoxy) is 2. The lowest BCUT2D eigenvalue weighted by molar-refractivity contribution is -0.122. The molecule has 210 valence electrons. The SMILES string of the molecule is CCOc1cc(C=C2C(=O)NC(=S)N(c3cccc(C(=O)O)c3)C2=O)cc(Br)c1OCC(=O)Nc1ccc(F)cc1. The Morgan fingerprint density at radius 3 is 2.54 bits per heavy atom. The first kappa shape index (κ1) is 29.4. The summed E-state index contributed by atoms with van der Waals surface area (Å²) < 4.78 is 24.8. The fourth-order valence-electron chi connectivity index (χ4n) is 3.78. The minimum atomic E-state index is -1.19. The minimum absolute atomic E-state index is 0.0623. The summed E-state index contributed by atoms with van der Waals surface area (Å²) in [6.45, 7) is 1.59. The number of carbonyl (C=O) groups is 4. The summed E-state index contributed by atoms with van der Waals surface area (Å²) in [6.07, 6.45) is 1.33. The first-order valence-corrected chi connectivity index (χ1v) is 13.2. The molecule has 3 amide bonds. The molecule has 1 aliphatic rings. The summed E-state index contributed by atoms with van der Waals surface area (Å²) in [7, 11) is 0. The van der Waals surface area contributed by atoms with Crippen molar-refractivity contribution < 1.29 is 38.1 Å². The number of nitrogens with one attached hydrogen (secondary N) is 2. The lowest BCUT2D eigenvalue weighted by Gasteiger charge is -2.29. The monoisotopic (exact) mass is 641 g/mol. The zero-order valence-corrected chi connectivity index (χ0v) is 23.7. The van der Waals surface area contributed by atoms with Gasteiger partial charge in [-0.05, 0) is 101 Å². The van der Waals surface area contributed by atoms with E-state index in [4.69, 9.17) is 21.7 Å². The van der Waals surface area contributed by atoms with Gasteiger partial charge in [-0.1, -0.05) is 6.07 Å². The second-order valence-corrected chi connectivity index (χ2v) is 9.66. The van der Waals surface area contributed by atoms with Crippen molar-refractivity contribution in [3.05, 3.63) is 87.7 Å². The number of carboxylic acid groups (broad SMARTS) is 1. The Kier molecular flexibility index (Phi) is 9.10. The number of thiocarbonyl (C=S) groups is 1. The predicted molar refractivity (Wildman–Crippen MR) is 155 cm³/mol. The Bertz CT molecular complexity index is 1590. The second-order valence-electron chi connectivity index (χ2n) is 8.42. The molecular formula is C28H21BrFN3O7S. The predicted octanol–water partition coefficient (Wildman–Crippen LogP) is 4.53. The van der Waals surface area contributed by atoms with E-state index < -0.39 is 29.5 Å². The number of hydrogen-bond donors (Lipinski definition) is 3. The normalized spacial score (nSPS) is 14.1. The van der Waals surface area contributed by atoms with E-state index in [1.165, 1.54) is 60.7 Å². The van der Waals surface area contributed by atoms with Gasteiger partial charge in [0, 0.05) is 5.69 Å². The highest BCUT2D eigenvalue weighted by molar-refractivity contribution is 9.10. The van der Waals surface area contributed by atoms with Crippen molar-refractivity contribution in [1.29, 1.82) is 0 Å². The molecule has 0 atom stereocenters. The van der Waals surface area contributed by atoms with Crippen molar-refractivity contribution >= 4 is 74.4 Å². The van der Waals surface area contributed by atoms with Crippen LogP contribution >= 0.6 is 28.1 Å². The summed E-state index contributed by atoms with van der Waals surface area (Å²) in [5.74, 6) is -3.18. The smallest absolute Gasteiger partial charge is 0.335 e. The molecule has 0 unspecified atom stereocenters. The van der Waals surface area contributed by atoms with Gasteiger partial charge in [0.1, 0.15) is 11.4 Å². The third-order valence-electron chi connectivity index (χ3n) is 5.57. The second kappa shape index (κ2) is 12.7. The van der Waals surface area contributed by atoms with Gasteiger partial charge >= 0.3 is 5.97 Å². The minimum Gasteiger partial charge on any atom is -0.490 e. The number of carbonyl (C=O) groups excluding carboxylic acids is 3. The standard InChI is InChI=1S/C28H21BrFN3O7S/c1-2-39-22-12-15(11-21(29)24(22)40-14-23(34)31-18-8-6-17(30)7-9-18)10-20-25(35)32-28(41)33(26(20)36)19-5-3-4-16(13-19)27(37)38/h3-13H,2,14H2,1H3,(H,31,34)(H,37,38)(H,32,35,41). The molecule has 0 spiro atoms. The van der Waals surface area contributed by atoms with Gasteiger partial charge < -0.3 is 19.9 Å². The molecule has 0 saturated carbocycles. The van der Waals surface area contributed by atoms with Gasteiger partial charge in [-0.25, -0.2) is 9.18 Å². The zero-order valence-electron chi connectivity index (χ0n) is 21.3. The Hall–Kier alpha value is -4.62. The maximum atomic E-state index is 13.4. The Balaban J connectivity index is 1.59. The largest absolute Gasteiger partial charge is 0.490 e. The lowest BCUT2D eigenvalue weighted by atomic mass is 10.1. The average molecular weight is 642 g/mol. The molecular weight excluding hydrogens is 621 g/mol. The van der Waals surface area contributed by atoms with E-state index in [1.54, 1.807) is 13.0 Å². The molecule has 1 aliphatic heterocycles. The van der Waals surface area contributed by atoms with Crippen LogP contribution in [0.4, 0.5) is 15.8 Å². The Morgan fingerprint density at radius 2 is 1.85 bits per heavy atom. The van der Waals surface area contributed by atoms with Crippen molar-refractivity contribution in [2.75, 3.05) is 23.4 Å². The van der Waals surface area contributed by atoms with Gasteiger partial charge in [0.15, 0.2) is 23.2 Å². The number of hydrogen-bond acceptors (Lipinski definition) is 7. The zero-order chi connectivity index (χ0) is 29.7. The van der Waals surface area contributed by atoms with E-state index in [0.29, 0.717) is 15.7 Å². The highest BCUT2D eigenvalue weighted by Gasteiger charge is 2.35. The summed E-state index contributed by atoms with van der Waals surface area (Å²) >= 11 is 8.57. The molecule has 3 aromatic carbocycles. The molecule has 1 fully saturated rings. The highest BCUT2D eigenvalue weighted by atomic mass is 79.9. The van der Waals surface area contributed by atoms with Crippen molar-refractivity contribution in [2.45, 2.75) is 6.92 Å². The van der Waals surface area contributed by atoms with Gasteiger partial charge in [-0.3, -0.25) is 24.6 Å². The Labute approximate surface area is 246 Å². The molecule has 0 radical (unpaired) electrons. The number of carboxylic acids is 1. The summed E-state index contributed by atoms with van der Waals surface area (Å²) in [5.41, 5.74) is 0.622. The molecule has 3 aromatic rings. The fourth-order valence-corrected chi connectivity index (χ4v) is 4.63. The van der Waals surface area contributed by atoms with Gasteiger partial charge in [0.25, 0.3) is 17.7 Å². The summed E-state index contributed by atoms with van der Waals surface area (Å²) in [6, 6.07) is 13.9. The maximum Gasteiger partial charge on any atom is 0.335 e. The van der Waals surface area contributed by atoms with E-state index in [0.717, 1.165) is 4.90 Å². The van der Waals surface area contributed by atoms with Crippen molar-refractivity contribution in [3.8, 4) is 11.5 Å². The number of anilines is 2. The van der Waals surface area contributed by atoms with Gasteiger partial charge in [-0.2, -0.15) is 0 Å². The van der Waals surface area contributed by atoms with Crippen LogP contribution in [0.2, 0.25) is 0 Å². The van der Waals surface area contributed by atoms with Crippen LogP contribution in [0, 0.1) is 5.82 Å². The van der Waals surface area contributed by atoms with E-state index in [2.05, 4.69) is 26.6 Å². The third kappa shape index (κ3) is 6.94. The molecule has 1 heterocycles. The van der Waals surface area contributed by atoms with E-state index in [-0.39, 0.29) is 46.6 Å². The summed E-state index contributed by atoms with van der Waals surface area (Å²) in [4.78, 5) is 50.9. The van der Waals surface area contributed by atoms with Crippen LogP contribution < -0.4 is 25.0 Å². The van der Waals surface area contributed by atoms with Crippen LogP contribution in [-0.4, -0.2) is 47.1 Å². The first-order valence-electron chi connectivity index (χ1n) is 12.0. The quantitative estimate of drug-likeness (QED) is 0.176. The van der Waals surface area contributed by atoms with Crippen molar-refractivity contribution in [2.24, 2.45) is 0 Å². The number of aromatic carboxylic acids is 1. The van der Waals surface area contributed by atoms with Gasteiger partial charge in [0.05, 0.1) is 22.3 Å². The Morgan fingerprint density at radius 1 is 1.12 bits per heavy atom. The van der Waals surface area contributed by atoms with E-state index in [9.17, 15) is 28.7 Å². The third-order valence-corrected chi connectivity index (χ3v) is 6.44. The van der Waals surface area contributed by atoms with Crippen molar-refractivity contribution in [1.82, 2.24) is 5.32 Å². The molecule has 41 heavy (non-hydrogen) atoms. The molecule has 4 rings (SSSR count). The van der Waals surface area contributed by atoms with Gasteiger partial charge in [-0.15, -0.1) is 0 Å². The number of benzene rings is 3. The van der Waals surface area contributed by atoms with Crippen LogP contribution in [0.5, 0.6) is 11.5 Å². The van der Waals surface area contributed by atoms with Crippen LogP contribution in [0.15, 0.2) is 70.7 Å². The molecule has 0 aromatic heterocycles. The fraction of sp³-hybridized carbons (Fsp3) is 0.107. The number of halogens is 2. The number of rotatable bonds is 9. The number of amides is 3. The molecule has 0 bridgehead atoms. The van der Waals surface area contributed by atoms with Crippen LogP contribution in [-0.2, 0) is 14.4 Å². The highest BCUT2D eigenvalue weighted by Crippen LogP contribution is 2.38. The molecule has 13 heteroatoms.